The third-order valence-corrected chi connectivity index (χ3v) is 3.45. The minimum atomic E-state index is -0.188. The van der Waals surface area contributed by atoms with Gasteiger partial charge in [-0.25, -0.2) is 4.39 Å². The maximum absolute atomic E-state index is 14.0. The lowest BCUT2D eigenvalue weighted by atomic mass is 9.94. The highest BCUT2D eigenvalue weighted by molar-refractivity contribution is 5.83. The summed E-state index contributed by atoms with van der Waals surface area (Å²) in [5, 5.41) is 0. The number of aryl methyl sites for hydroxylation is 1. The molecule has 0 saturated carbocycles. The Morgan fingerprint density at radius 1 is 0.600 bits per heavy atom. The van der Waals surface area contributed by atoms with Gasteiger partial charge in [0.15, 0.2) is 0 Å². The van der Waals surface area contributed by atoms with Crippen LogP contribution in [0.4, 0.5) is 4.39 Å². The van der Waals surface area contributed by atoms with E-state index in [1.54, 1.807) is 6.07 Å². The van der Waals surface area contributed by atoms with Crippen molar-refractivity contribution in [2.75, 3.05) is 0 Å². The summed E-state index contributed by atoms with van der Waals surface area (Å²) >= 11 is 0. The number of halogens is 1. The molecule has 0 saturated heterocycles. The van der Waals surface area contributed by atoms with Crippen molar-refractivity contribution in [1.29, 1.82) is 0 Å². The average molecular weight is 262 g/mol. The van der Waals surface area contributed by atoms with E-state index in [-0.39, 0.29) is 5.82 Å². The van der Waals surface area contributed by atoms with Gasteiger partial charge in [-0.3, -0.25) is 0 Å². The van der Waals surface area contributed by atoms with Gasteiger partial charge in [-0.05, 0) is 29.7 Å². The fourth-order valence-corrected chi connectivity index (χ4v) is 2.38. The van der Waals surface area contributed by atoms with Crippen molar-refractivity contribution in [3.8, 4) is 22.3 Å². The van der Waals surface area contributed by atoms with Gasteiger partial charge in [-0.2, -0.15) is 0 Å². The summed E-state index contributed by atoms with van der Waals surface area (Å²) in [6, 6.07) is 23.1. The van der Waals surface area contributed by atoms with Gasteiger partial charge in [0.1, 0.15) is 5.82 Å². The van der Waals surface area contributed by atoms with Gasteiger partial charge in [0.2, 0.25) is 0 Å². The molecule has 3 aromatic rings. The molecule has 0 heterocycles. The first kappa shape index (κ1) is 12.6. The van der Waals surface area contributed by atoms with E-state index < -0.39 is 0 Å². The van der Waals surface area contributed by atoms with Crippen LogP contribution in [0.25, 0.3) is 22.3 Å². The minimum absolute atomic E-state index is 0.188. The van der Waals surface area contributed by atoms with Crippen molar-refractivity contribution in [1.82, 2.24) is 0 Å². The van der Waals surface area contributed by atoms with E-state index in [1.165, 1.54) is 11.6 Å². The molecule has 98 valence electrons. The molecule has 3 rings (SSSR count). The van der Waals surface area contributed by atoms with Crippen LogP contribution in [0.5, 0.6) is 0 Å². The van der Waals surface area contributed by atoms with E-state index in [1.807, 2.05) is 36.4 Å². The Morgan fingerprint density at radius 3 is 1.80 bits per heavy atom. The lowest BCUT2D eigenvalue weighted by Crippen LogP contribution is -1.88. The zero-order chi connectivity index (χ0) is 13.9. The minimum Gasteiger partial charge on any atom is -0.206 e. The first-order chi connectivity index (χ1) is 9.75. The van der Waals surface area contributed by atoms with Crippen molar-refractivity contribution in [2.45, 2.75) is 6.92 Å². The predicted molar refractivity (Wildman–Crippen MR) is 82.0 cm³/mol. The fraction of sp³-hybridized carbons (Fsp3) is 0.0526. The van der Waals surface area contributed by atoms with Gasteiger partial charge >= 0.3 is 0 Å². The summed E-state index contributed by atoms with van der Waals surface area (Å²) < 4.78 is 14.0. The summed E-state index contributed by atoms with van der Waals surface area (Å²) in [5.41, 5.74) is 4.95. The molecule has 0 nitrogen and oxygen atoms in total. The molecule has 0 fully saturated rings. The van der Waals surface area contributed by atoms with Gasteiger partial charge in [0.25, 0.3) is 0 Å². The quantitative estimate of drug-likeness (QED) is 0.574. The summed E-state index contributed by atoms with van der Waals surface area (Å²) in [7, 11) is 0. The molecule has 0 aliphatic carbocycles. The Kier molecular flexibility index (Phi) is 3.34. The van der Waals surface area contributed by atoms with Gasteiger partial charge < -0.3 is 0 Å². The largest absolute Gasteiger partial charge is 0.206 e. The van der Waals surface area contributed by atoms with Crippen molar-refractivity contribution < 1.29 is 4.39 Å². The van der Waals surface area contributed by atoms with E-state index in [4.69, 9.17) is 0 Å². The molecule has 20 heavy (non-hydrogen) atoms. The van der Waals surface area contributed by atoms with E-state index >= 15 is 0 Å². The van der Waals surface area contributed by atoms with Crippen molar-refractivity contribution in [2.24, 2.45) is 0 Å². The lowest BCUT2D eigenvalue weighted by Gasteiger charge is -2.11. The molecule has 0 N–H and O–H groups in total. The second kappa shape index (κ2) is 5.30. The summed E-state index contributed by atoms with van der Waals surface area (Å²) in [6.07, 6.45) is 0. The normalized spacial score (nSPS) is 10.5. The molecule has 0 atom stereocenters. The first-order valence-corrected chi connectivity index (χ1v) is 6.67. The van der Waals surface area contributed by atoms with Crippen molar-refractivity contribution in [3.05, 3.63) is 84.2 Å². The Morgan fingerprint density at radius 2 is 1.15 bits per heavy atom. The topological polar surface area (TPSA) is 0 Å². The average Bonchev–Trinajstić information content (AvgIpc) is 2.49. The molecule has 0 aliphatic heterocycles. The van der Waals surface area contributed by atoms with Crippen LogP contribution in [0, 0.1) is 12.7 Å². The SMILES string of the molecule is Cc1ccc(-c2ccccc2-c2ccccc2F)cc1. The standard InChI is InChI=1S/C19H15F/c1-14-10-12-15(13-11-14)16-6-2-3-7-17(16)18-8-4-5-9-19(18)20/h2-13H,1H3. The van der Waals surface area contributed by atoms with E-state index in [0.29, 0.717) is 5.56 Å². The van der Waals surface area contributed by atoms with Crippen LogP contribution in [0.1, 0.15) is 5.56 Å². The molecule has 0 aliphatic rings. The zero-order valence-corrected chi connectivity index (χ0v) is 11.3. The Balaban J connectivity index is 2.19. The van der Waals surface area contributed by atoms with Gasteiger partial charge in [-0.1, -0.05) is 72.3 Å². The van der Waals surface area contributed by atoms with Gasteiger partial charge in [0.05, 0.1) is 0 Å². The Hall–Kier alpha value is -2.41. The smallest absolute Gasteiger partial charge is 0.131 e. The first-order valence-electron chi connectivity index (χ1n) is 6.67. The van der Waals surface area contributed by atoms with Crippen LogP contribution in [-0.2, 0) is 0 Å². The summed E-state index contributed by atoms with van der Waals surface area (Å²) in [4.78, 5) is 0. The van der Waals surface area contributed by atoms with Crippen molar-refractivity contribution in [3.63, 3.8) is 0 Å². The molecule has 0 aromatic heterocycles. The highest BCUT2D eigenvalue weighted by atomic mass is 19.1. The molecule has 0 spiro atoms. The van der Waals surface area contributed by atoms with Crippen LogP contribution in [0.2, 0.25) is 0 Å². The molecule has 0 amide bonds. The van der Waals surface area contributed by atoms with E-state index in [0.717, 1.165) is 16.7 Å². The van der Waals surface area contributed by atoms with Crippen LogP contribution in [0.3, 0.4) is 0 Å². The number of hydrogen-bond acceptors (Lipinski definition) is 0. The van der Waals surface area contributed by atoms with Crippen LogP contribution in [0.15, 0.2) is 72.8 Å². The van der Waals surface area contributed by atoms with Crippen LogP contribution in [-0.4, -0.2) is 0 Å². The Bertz CT molecular complexity index is 727. The third kappa shape index (κ3) is 2.35. The van der Waals surface area contributed by atoms with E-state index in [9.17, 15) is 4.39 Å². The molecule has 0 unspecified atom stereocenters. The zero-order valence-electron chi connectivity index (χ0n) is 11.3. The van der Waals surface area contributed by atoms with E-state index in [2.05, 4.69) is 31.2 Å². The predicted octanol–water partition coefficient (Wildman–Crippen LogP) is 5.47. The maximum Gasteiger partial charge on any atom is 0.131 e. The monoisotopic (exact) mass is 262 g/mol. The van der Waals surface area contributed by atoms with Gasteiger partial charge in [0, 0.05) is 5.56 Å². The molecule has 3 aromatic carbocycles. The van der Waals surface area contributed by atoms with Crippen molar-refractivity contribution >= 4 is 0 Å². The second-order valence-electron chi connectivity index (χ2n) is 4.89. The highest BCUT2D eigenvalue weighted by Gasteiger charge is 2.09. The maximum atomic E-state index is 14.0. The molecule has 0 bridgehead atoms. The number of rotatable bonds is 2. The number of benzene rings is 3. The fourth-order valence-electron chi connectivity index (χ4n) is 2.38. The molecule has 0 radical (unpaired) electrons. The molecular weight excluding hydrogens is 247 g/mol. The molecular formula is C19H15F. The summed E-state index contributed by atoms with van der Waals surface area (Å²) in [5.74, 6) is -0.188. The van der Waals surface area contributed by atoms with Gasteiger partial charge in [-0.15, -0.1) is 0 Å². The third-order valence-electron chi connectivity index (χ3n) is 3.45. The summed E-state index contributed by atoms with van der Waals surface area (Å²) in [6.45, 7) is 2.06. The van der Waals surface area contributed by atoms with Crippen LogP contribution >= 0.6 is 0 Å². The second-order valence-corrected chi connectivity index (χ2v) is 4.89. The Labute approximate surface area is 118 Å². The number of hydrogen-bond donors (Lipinski definition) is 0. The lowest BCUT2D eigenvalue weighted by molar-refractivity contribution is 0.631. The van der Waals surface area contributed by atoms with Crippen LogP contribution < -0.4 is 0 Å². The molecule has 1 heteroatoms. The highest BCUT2D eigenvalue weighted by Crippen LogP contribution is 2.33.